The van der Waals surface area contributed by atoms with Crippen molar-refractivity contribution in [2.45, 2.75) is 147 Å². The normalized spacial score (nSPS) is 12.8. The third-order valence-corrected chi connectivity index (χ3v) is 8.59. The summed E-state index contributed by atoms with van der Waals surface area (Å²) < 4.78 is 0. The molecular formula is C36H61N7O13. The third-order valence-electron chi connectivity index (χ3n) is 8.59. The number of carboxylic acids is 2. The number of carbonyl (C=O) groups excluding carboxylic acids is 8. The summed E-state index contributed by atoms with van der Waals surface area (Å²) in [6.45, 7) is 2.86. The number of carboxylic acid groups (broad SMARTS) is 2. The lowest BCUT2D eigenvalue weighted by atomic mass is 10.1. The van der Waals surface area contributed by atoms with Gasteiger partial charge in [-0.25, -0.2) is 9.59 Å². The highest BCUT2D eigenvalue weighted by molar-refractivity contribution is 5.93. The summed E-state index contributed by atoms with van der Waals surface area (Å²) in [5.74, 6) is -5.41. The average Bonchev–Trinajstić information content (AvgIpc) is 3.13. The molecule has 0 aromatic heterocycles. The van der Waals surface area contributed by atoms with Gasteiger partial charge in [-0.1, -0.05) is 19.8 Å². The van der Waals surface area contributed by atoms with Crippen LogP contribution in [0.2, 0.25) is 0 Å². The number of rotatable bonds is 33. The number of aliphatic hydroxyl groups excluding tert-OH is 1. The van der Waals surface area contributed by atoms with Crippen molar-refractivity contribution in [2.75, 3.05) is 19.7 Å². The number of nitrogens with two attached hydrogens (primary N) is 1. The Hall–Kier alpha value is -5.14. The van der Waals surface area contributed by atoms with E-state index in [1.54, 1.807) is 6.92 Å². The molecule has 0 aromatic rings. The summed E-state index contributed by atoms with van der Waals surface area (Å²) in [4.78, 5) is 118. The van der Waals surface area contributed by atoms with Gasteiger partial charge in [-0.15, -0.1) is 0 Å². The number of amides is 7. The van der Waals surface area contributed by atoms with Gasteiger partial charge in [0, 0.05) is 51.6 Å². The largest absolute Gasteiger partial charge is 0.481 e. The topological polar surface area (TPSA) is 330 Å². The van der Waals surface area contributed by atoms with E-state index < -0.39 is 78.0 Å². The molecule has 0 saturated heterocycles. The molecule has 0 spiro atoms. The molecule has 0 fully saturated rings. The van der Waals surface area contributed by atoms with Gasteiger partial charge in [0.05, 0.1) is 12.6 Å². The van der Waals surface area contributed by atoms with Crippen LogP contribution in [-0.2, 0) is 43.2 Å². The molecule has 2 unspecified atom stereocenters. The zero-order valence-electron chi connectivity index (χ0n) is 32.5. The van der Waals surface area contributed by atoms with E-state index in [2.05, 4.69) is 31.9 Å². The summed E-state index contributed by atoms with van der Waals surface area (Å²) in [5, 5.41) is 42.5. The molecule has 56 heavy (non-hydrogen) atoms. The fourth-order valence-corrected chi connectivity index (χ4v) is 5.25. The van der Waals surface area contributed by atoms with Crippen LogP contribution in [0.3, 0.4) is 0 Å². The van der Waals surface area contributed by atoms with Crippen LogP contribution in [0.15, 0.2) is 0 Å². The Morgan fingerprint density at radius 1 is 0.536 bits per heavy atom. The fraction of sp³-hybridized carbons (Fsp3) is 0.722. The Labute approximate surface area is 326 Å². The van der Waals surface area contributed by atoms with E-state index in [1.807, 2.05) is 0 Å². The fourth-order valence-electron chi connectivity index (χ4n) is 5.25. The molecule has 11 N–H and O–H groups in total. The molecule has 0 saturated carbocycles. The van der Waals surface area contributed by atoms with Crippen molar-refractivity contribution in [2.24, 2.45) is 5.73 Å². The molecule has 4 atom stereocenters. The van der Waals surface area contributed by atoms with E-state index in [4.69, 9.17) is 10.8 Å². The van der Waals surface area contributed by atoms with Gasteiger partial charge in [-0.05, 0) is 64.7 Å². The molecular weight excluding hydrogens is 738 g/mol. The molecule has 318 valence electrons. The van der Waals surface area contributed by atoms with Crippen LogP contribution >= 0.6 is 0 Å². The number of unbranched alkanes of at least 4 members (excludes halogenated alkanes) is 5. The van der Waals surface area contributed by atoms with Gasteiger partial charge in [-0.2, -0.15) is 0 Å². The van der Waals surface area contributed by atoms with Gasteiger partial charge in [0.25, 0.3) is 0 Å². The maximum absolute atomic E-state index is 12.3. The number of carbonyl (C=O) groups is 10. The Bertz CT molecular complexity index is 1330. The molecule has 0 aromatic carbocycles. The first kappa shape index (κ1) is 50.9. The molecule has 20 heteroatoms. The number of urea groups is 1. The molecule has 0 aliphatic rings. The summed E-state index contributed by atoms with van der Waals surface area (Å²) in [6.07, 6.45) is 4.65. The highest BCUT2D eigenvalue weighted by Gasteiger charge is 2.24. The Morgan fingerprint density at radius 3 is 1.52 bits per heavy atom. The van der Waals surface area contributed by atoms with Crippen molar-refractivity contribution >= 4 is 59.1 Å². The second kappa shape index (κ2) is 30.1. The van der Waals surface area contributed by atoms with E-state index in [1.165, 1.54) is 6.92 Å². The highest BCUT2D eigenvalue weighted by atomic mass is 16.4. The first-order chi connectivity index (χ1) is 26.5. The predicted octanol–water partition coefficient (Wildman–Crippen LogP) is -0.319. The summed E-state index contributed by atoms with van der Waals surface area (Å²) in [7, 11) is 0. The quantitative estimate of drug-likeness (QED) is 0.0381. The number of aliphatic carboxylic acids is 2. The van der Waals surface area contributed by atoms with Crippen molar-refractivity contribution in [3.63, 3.8) is 0 Å². The molecule has 7 amide bonds. The van der Waals surface area contributed by atoms with Gasteiger partial charge in [-0.3, -0.25) is 38.4 Å². The van der Waals surface area contributed by atoms with Gasteiger partial charge in [0.1, 0.15) is 18.1 Å². The Morgan fingerprint density at radius 2 is 1.05 bits per heavy atom. The summed E-state index contributed by atoms with van der Waals surface area (Å²) >= 11 is 0. The first-order valence-corrected chi connectivity index (χ1v) is 19.1. The van der Waals surface area contributed by atoms with Crippen LogP contribution in [0.1, 0.15) is 123 Å². The lowest BCUT2D eigenvalue weighted by molar-refractivity contribution is -0.139. The van der Waals surface area contributed by atoms with Crippen molar-refractivity contribution < 1.29 is 63.3 Å². The molecule has 20 nitrogen and oxygen atoms in total. The van der Waals surface area contributed by atoms with Crippen LogP contribution in [0.5, 0.6) is 0 Å². The van der Waals surface area contributed by atoms with Gasteiger partial charge < -0.3 is 53.0 Å². The van der Waals surface area contributed by atoms with Crippen LogP contribution in [-0.4, -0.2) is 118 Å². The minimum absolute atomic E-state index is 0.0744. The SMILES string of the molecule is CCC(=O)NC(CO)C(=O)CCC(=O)NC(CCCCNC(=O)CCCCCCC(=O)NCCCC[C@H](NC(=O)N[C@@H](CCC(=O)O)C(C)=O)C(=O)O)C(N)=O. The molecule has 0 heterocycles. The van der Waals surface area contributed by atoms with Crippen LogP contribution < -0.4 is 37.6 Å². The number of aliphatic hydroxyl groups is 1. The molecule has 0 rings (SSSR count). The predicted molar refractivity (Wildman–Crippen MR) is 201 cm³/mol. The van der Waals surface area contributed by atoms with Crippen molar-refractivity contribution in [3.05, 3.63) is 0 Å². The smallest absolute Gasteiger partial charge is 0.326 e. The molecule has 0 bridgehead atoms. The van der Waals surface area contributed by atoms with E-state index >= 15 is 0 Å². The maximum atomic E-state index is 12.3. The number of primary amides is 1. The number of nitrogens with one attached hydrogen (secondary N) is 6. The van der Waals surface area contributed by atoms with Gasteiger partial charge in [0.2, 0.25) is 29.5 Å². The minimum Gasteiger partial charge on any atom is -0.481 e. The van der Waals surface area contributed by atoms with Crippen molar-refractivity contribution in [1.29, 1.82) is 0 Å². The second-order valence-electron chi connectivity index (χ2n) is 13.4. The maximum Gasteiger partial charge on any atom is 0.326 e. The molecule has 0 radical (unpaired) electrons. The van der Waals surface area contributed by atoms with Crippen molar-refractivity contribution in [3.8, 4) is 0 Å². The lowest BCUT2D eigenvalue weighted by Crippen LogP contribution is -2.50. The highest BCUT2D eigenvalue weighted by Crippen LogP contribution is 2.08. The number of ketones is 2. The van der Waals surface area contributed by atoms with Crippen LogP contribution in [0, 0.1) is 0 Å². The third kappa shape index (κ3) is 25.8. The Kier molecular flexibility index (Phi) is 27.4. The van der Waals surface area contributed by atoms with E-state index in [9.17, 15) is 58.2 Å². The summed E-state index contributed by atoms with van der Waals surface area (Å²) in [6, 6.07) is -5.26. The Balaban J connectivity index is 4.11. The van der Waals surface area contributed by atoms with E-state index in [0.717, 1.165) is 12.8 Å². The average molecular weight is 800 g/mol. The van der Waals surface area contributed by atoms with E-state index in [0.29, 0.717) is 64.5 Å². The lowest BCUT2D eigenvalue weighted by Gasteiger charge is -2.19. The number of hydrogen-bond donors (Lipinski definition) is 10. The van der Waals surface area contributed by atoms with Crippen molar-refractivity contribution in [1.82, 2.24) is 31.9 Å². The molecule has 0 aliphatic carbocycles. The second-order valence-corrected chi connectivity index (χ2v) is 13.4. The minimum atomic E-state index is -1.28. The number of Topliss-reactive ketones (excluding diaryl/α,β-unsaturated/α-hetero) is 2. The molecule has 0 aliphatic heterocycles. The number of hydrogen-bond acceptors (Lipinski definition) is 11. The van der Waals surface area contributed by atoms with Gasteiger partial charge in [0.15, 0.2) is 11.6 Å². The zero-order valence-corrected chi connectivity index (χ0v) is 32.5. The van der Waals surface area contributed by atoms with Gasteiger partial charge >= 0.3 is 18.0 Å². The van der Waals surface area contributed by atoms with Crippen LogP contribution in [0.4, 0.5) is 4.79 Å². The van der Waals surface area contributed by atoms with Crippen LogP contribution in [0.25, 0.3) is 0 Å². The standard InChI is InChI=1S/C36H61N7O13/c1-3-29(47)41-27(22-44)28(46)17-18-32(50)40-25(34(37)53)12-8-10-20-38-30(48)14-6-4-5-7-15-31(49)39-21-11-9-13-26(35(54)55)43-36(56)42-24(23(2)45)16-19-33(51)52/h24-27,44H,3-22H2,1-2H3,(H2,37,53)(H,38,48)(H,39,49)(H,40,50)(H,41,47)(H,51,52)(H,54,55)(H2,42,43,56)/t24-,25?,26-,27?/m0/s1. The van der Waals surface area contributed by atoms with E-state index in [-0.39, 0.29) is 56.8 Å². The monoisotopic (exact) mass is 799 g/mol. The first-order valence-electron chi connectivity index (χ1n) is 19.1. The zero-order chi connectivity index (χ0) is 42.5. The summed E-state index contributed by atoms with van der Waals surface area (Å²) in [5.41, 5.74) is 5.40.